The van der Waals surface area contributed by atoms with Crippen LogP contribution in [0.25, 0.3) is 0 Å². The molecule has 1 aromatic carbocycles. The van der Waals surface area contributed by atoms with E-state index in [1.165, 1.54) is 0 Å². The second kappa shape index (κ2) is 6.47. The first-order chi connectivity index (χ1) is 9.85. The van der Waals surface area contributed by atoms with E-state index >= 15 is 0 Å². The number of carbonyl (C=O) groups excluding carboxylic acids is 1. The van der Waals surface area contributed by atoms with Gasteiger partial charge in [-0.2, -0.15) is 0 Å². The fourth-order valence-corrected chi connectivity index (χ4v) is 3.96. The molecule has 0 aromatic heterocycles. The molecular weight excluding hydrogens is 290 g/mol. The molecule has 1 fully saturated rings. The fourth-order valence-electron chi connectivity index (χ4n) is 2.29. The summed E-state index contributed by atoms with van der Waals surface area (Å²) in [5.41, 5.74) is 1.15. The van der Waals surface area contributed by atoms with Gasteiger partial charge in [-0.05, 0) is 30.0 Å². The number of hydrogen-bond acceptors (Lipinski definition) is 4. The number of benzene rings is 1. The van der Waals surface area contributed by atoms with Gasteiger partial charge in [-0.25, -0.2) is 8.42 Å². The topological polar surface area (TPSA) is 72.5 Å². The van der Waals surface area contributed by atoms with Gasteiger partial charge in [-0.3, -0.25) is 4.79 Å². The van der Waals surface area contributed by atoms with Crippen LogP contribution in [0.5, 0.6) is 5.75 Å². The van der Waals surface area contributed by atoms with Gasteiger partial charge in [0.15, 0.2) is 16.4 Å². The predicted octanol–water partition coefficient (Wildman–Crippen LogP) is 1.49. The fraction of sp³-hybridized carbons (Fsp3) is 0.533. The largest absolute Gasteiger partial charge is 0.484 e. The molecule has 1 heterocycles. The molecule has 6 heteroatoms. The number of ether oxygens (including phenoxy) is 1. The molecular formula is C15H21NO4S. The van der Waals surface area contributed by atoms with E-state index in [9.17, 15) is 13.2 Å². The summed E-state index contributed by atoms with van der Waals surface area (Å²) >= 11 is 0. The van der Waals surface area contributed by atoms with E-state index in [1.54, 1.807) is 6.07 Å². The number of carbonyl (C=O) groups is 1. The molecule has 0 saturated carbocycles. The third-order valence-electron chi connectivity index (χ3n) is 3.49. The van der Waals surface area contributed by atoms with Gasteiger partial charge in [0.1, 0.15) is 5.75 Å². The standard InChI is InChI=1S/C15H21NO4S/c1-11(2)12-4-3-5-14(8-12)20-9-15(17)16-13-6-7-21(18,19)10-13/h3-5,8,11,13H,6-7,9-10H2,1-2H3,(H,16,17). The highest BCUT2D eigenvalue weighted by Gasteiger charge is 2.28. The molecule has 1 aromatic rings. The van der Waals surface area contributed by atoms with E-state index in [2.05, 4.69) is 19.2 Å². The van der Waals surface area contributed by atoms with Gasteiger partial charge in [0.05, 0.1) is 11.5 Å². The van der Waals surface area contributed by atoms with Crippen LogP contribution in [-0.4, -0.2) is 38.5 Å². The van der Waals surface area contributed by atoms with Gasteiger partial charge < -0.3 is 10.1 Å². The lowest BCUT2D eigenvalue weighted by Crippen LogP contribution is -2.38. The number of hydrogen-bond donors (Lipinski definition) is 1. The second-order valence-corrected chi connectivity index (χ2v) is 7.91. The molecule has 1 amide bonds. The third kappa shape index (κ3) is 4.74. The first-order valence-corrected chi connectivity index (χ1v) is 8.90. The first-order valence-electron chi connectivity index (χ1n) is 7.08. The highest BCUT2D eigenvalue weighted by Crippen LogP contribution is 2.20. The molecule has 5 nitrogen and oxygen atoms in total. The normalized spacial score (nSPS) is 20.4. The maximum Gasteiger partial charge on any atom is 0.258 e. The molecule has 2 rings (SSSR count). The van der Waals surface area contributed by atoms with Crippen molar-refractivity contribution in [2.24, 2.45) is 0 Å². The van der Waals surface area contributed by atoms with Crippen molar-refractivity contribution in [2.75, 3.05) is 18.1 Å². The number of nitrogens with one attached hydrogen (secondary N) is 1. The quantitative estimate of drug-likeness (QED) is 0.894. The zero-order valence-electron chi connectivity index (χ0n) is 12.3. The molecule has 1 aliphatic rings. The van der Waals surface area contributed by atoms with Crippen molar-refractivity contribution in [3.63, 3.8) is 0 Å². The molecule has 0 bridgehead atoms. The second-order valence-electron chi connectivity index (χ2n) is 5.68. The summed E-state index contributed by atoms with van der Waals surface area (Å²) in [7, 11) is -2.98. The summed E-state index contributed by atoms with van der Waals surface area (Å²) in [5, 5.41) is 2.70. The molecule has 1 atom stereocenters. The van der Waals surface area contributed by atoms with E-state index in [1.807, 2.05) is 18.2 Å². The number of sulfone groups is 1. The molecule has 1 unspecified atom stereocenters. The highest BCUT2D eigenvalue weighted by molar-refractivity contribution is 7.91. The van der Waals surface area contributed by atoms with Gasteiger partial charge in [0.25, 0.3) is 5.91 Å². The summed E-state index contributed by atoms with van der Waals surface area (Å²) < 4.78 is 28.1. The summed E-state index contributed by atoms with van der Waals surface area (Å²) in [6.45, 7) is 4.08. The third-order valence-corrected chi connectivity index (χ3v) is 5.26. The smallest absolute Gasteiger partial charge is 0.258 e. The van der Waals surface area contributed by atoms with Gasteiger partial charge in [0, 0.05) is 6.04 Å². The van der Waals surface area contributed by atoms with Crippen molar-refractivity contribution in [2.45, 2.75) is 32.2 Å². The summed E-state index contributed by atoms with van der Waals surface area (Å²) in [6, 6.07) is 7.35. The van der Waals surface area contributed by atoms with Crippen LogP contribution in [-0.2, 0) is 14.6 Å². The lowest BCUT2D eigenvalue weighted by molar-refractivity contribution is -0.123. The van der Waals surface area contributed by atoms with Crippen LogP contribution in [0.4, 0.5) is 0 Å². The van der Waals surface area contributed by atoms with Crippen LogP contribution in [0.2, 0.25) is 0 Å². The average molecular weight is 311 g/mol. The van der Waals surface area contributed by atoms with Crippen molar-refractivity contribution >= 4 is 15.7 Å². The summed E-state index contributed by atoms with van der Waals surface area (Å²) in [4.78, 5) is 11.8. The zero-order valence-corrected chi connectivity index (χ0v) is 13.2. The lowest BCUT2D eigenvalue weighted by atomic mass is 10.0. The minimum Gasteiger partial charge on any atom is -0.484 e. The Hall–Kier alpha value is -1.56. The van der Waals surface area contributed by atoms with Crippen LogP contribution in [0, 0.1) is 0 Å². The lowest BCUT2D eigenvalue weighted by Gasteiger charge is -2.12. The van der Waals surface area contributed by atoms with Crippen LogP contribution in [0.3, 0.4) is 0 Å². The van der Waals surface area contributed by atoms with Crippen molar-refractivity contribution in [3.05, 3.63) is 29.8 Å². The minimum absolute atomic E-state index is 0.0293. The Bertz CT molecular complexity index is 610. The van der Waals surface area contributed by atoms with Gasteiger partial charge in [-0.1, -0.05) is 26.0 Å². The maximum atomic E-state index is 11.8. The molecule has 1 aliphatic heterocycles. The van der Waals surface area contributed by atoms with Gasteiger partial charge in [-0.15, -0.1) is 0 Å². The molecule has 21 heavy (non-hydrogen) atoms. The monoisotopic (exact) mass is 311 g/mol. The Morgan fingerprint density at radius 1 is 1.43 bits per heavy atom. The summed E-state index contributed by atoms with van der Waals surface area (Å²) in [5.74, 6) is 0.935. The minimum atomic E-state index is -2.98. The molecule has 1 N–H and O–H groups in total. The van der Waals surface area contributed by atoms with Crippen LogP contribution in [0.15, 0.2) is 24.3 Å². The SMILES string of the molecule is CC(C)c1cccc(OCC(=O)NC2CCS(=O)(=O)C2)c1. The van der Waals surface area contributed by atoms with Crippen LogP contribution >= 0.6 is 0 Å². The first kappa shape index (κ1) is 15.8. The molecule has 116 valence electrons. The average Bonchev–Trinajstić information content (AvgIpc) is 2.76. The van der Waals surface area contributed by atoms with Crippen molar-refractivity contribution in [1.29, 1.82) is 0 Å². The Morgan fingerprint density at radius 2 is 2.19 bits per heavy atom. The molecule has 1 saturated heterocycles. The highest BCUT2D eigenvalue weighted by atomic mass is 32.2. The van der Waals surface area contributed by atoms with Crippen molar-refractivity contribution in [3.8, 4) is 5.75 Å². The van der Waals surface area contributed by atoms with E-state index in [0.717, 1.165) is 5.56 Å². The van der Waals surface area contributed by atoms with Crippen molar-refractivity contribution < 1.29 is 17.9 Å². The van der Waals surface area contributed by atoms with E-state index in [0.29, 0.717) is 18.1 Å². The maximum absolute atomic E-state index is 11.8. The van der Waals surface area contributed by atoms with E-state index in [4.69, 9.17) is 4.74 Å². The predicted molar refractivity (Wildman–Crippen MR) is 81.2 cm³/mol. The molecule has 0 aliphatic carbocycles. The van der Waals surface area contributed by atoms with Crippen LogP contribution < -0.4 is 10.1 Å². The van der Waals surface area contributed by atoms with Gasteiger partial charge >= 0.3 is 0 Å². The van der Waals surface area contributed by atoms with Crippen LogP contribution in [0.1, 0.15) is 31.7 Å². The zero-order chi connectivity index (χ0) is 15.5. The Morgan fingerprint density at radius 3 is 2.81 bits per heavy atom. The number of rotatable bonds is 5. The molecule has 0 spiro atoms. The van der Waals surface area contributed by atoms with E-state index in [-0.39, 0.29) is 30.1 Å². The Balaban J connectivity index is 1.83. The van der Waals surface area contributed by atoms with Crippen molar-refractivity contribution in [1.82, 2.24) is 5.32 Å². The Kier molecular flexibility index (Phi) is 4.88. The Labute approximate surface area is 125 Å². The van der Waals surface area contributed by atoms with E-state index < -0.39 is 9.84 Å². The van der Waals surface area contributed by atoms with Gasteiger partial charge in [0.2, 0.25) is 0 Å². The summed E-state index contributed by atoms with van der Waals surface area (Å²) in [6.07, 6.45) is 0.483. The molecule has 0 radical (unpaired) electrons. The number of amides is 1.